The van der Waals surface area contributed by atoms with Gasteiger partial charge in [0, 0.05) is 5.56 Å². The molecule has 4 N–H and O–H groups in total. The first-order chi connectivity index (χ1) is 9.51. The van der Waals surface area contributed by atoms with E-state index in [1.165, 1.54) is 12.1 Å². The van der Waals surface area contributed by atoms with Gasteiger partial charge >= 0.3 is 0 Å². The van der Waals surface area contributed by atoms with Crippen LogP contribution < -0.4 is 11.1 Å². The van der Waals surface area contributed by atoms with Gasteiger partial charge in [0.25, 0.3) is 5.91 Å². The normalized spacial score (nSPS) is 22.8. The Kier molecular flexibility index (Phi) is 4.19. The summed E-state index contributed by atoms with van der Waals surface area (Å²) in [7, 11) is 0. The minimum Gasteiger partial charge on any atom is -0.409 e. The Morgan fingerprint density at radius 2 is 2.30 bits per heavy atom. The molecule has 1 saturated heterocycles. The Hall–Kier alpha value is -2.15. The first-order valence-electron chi connectivity index (χ1n) is 6.25. The van der Waals surface area contributed by atoms with E-state index in [1.807, 2.05) is 6.92 Å². The molecule has 0 bridgehead atoms. The van der Waals surface area contributed by atoms with Gasteiger partial charge in [-0.05, 0) is 38.0 Å². The molecule has 7 heteroatoms. The summed E-state index contributed by atoms with van der Waals surface area (Å²) >= 11 is 0. The third kappa shape index (κ3) is 3.05. The van der Waals surface area contributed by atoms with Gasteiger partial charge < -0.3 is 21.0 Å². The van der Waals surface area contributed by atoms with Gasteiger partial charge in [-0.3, -0.25) is 4.79 Å². The van der Waals surface area contributed by atoms with Gasteiger partial charge in [-0.1, -0.05) is 5.16 Å². The topological polar surface area (TPSA) is 96.9 Å². The van der Waals surface area contributed by atoms with Gasteiger partial charge in [0.15, 0.2) is 5.84 Å². The van der Waals surface area contributed by atoms with Crippen molar-refractivity contribution >= 4 is 17.4 Å². The summed E-state index contributed by atoms with van der Waals surface area (Å²) in [5.41, 5.74) is 5.86. The highest BCUT2D eigenvalue weighted by atomic mass is 19.1. The molecule has 1 fully saturated rings. The molecule has 0 saturated carbocycles. The third-order valence-electron chi connectivity index (χ3n) is 3.15. The average molecular weight is 281 g/mol. The number of hydrogen-bond donors (Lipinski definition) is 3. The number of nitrogens with two attached hydrogens (primary N) is 1. The molecule has 1 aromatic rings. The number of carbonyl (C=O) groups excluding carboxylic acids is 1. The summed E-state index contributed by atoms with van der Waals surface area (Å²) in [5.74, 6) is -1.15. The second-order valence-electron chi connectivity index (χ2n) is 4.68. The number of halogens is 1. The SMILES string of the molecule is CC1CCC(C(=O)Nc2ccc(F)cc2/C(N)=N/O)O1. The van der Waals surface area contributed by atoms with Crippen molar-refractivity contribution in [3.05, 3.63) is 29.6 Å². The maximum atomic E-state index is 13.2. The van der Waals surface area contributed by atoms with Crippen LogP contribution in [-0.4, -0.2) is 29.2 Å². The van der Waals surface area contributed by atoms with E-state index in [0.29, 0.717) is 6.42 Å². The first-order valence-corrected chi connectivity index (χ1v) is 6.25. The maximum Gasteiger partial charge on any atom is 0.253 e. The molecule has 108 valence electrons. The number of hydrogen-bond acceptors (Lipinski definition) is 4. The zero-order valence-corrected chi connectivity index (χ0v) is 11.0. The predicted octanol–water partition coefficient (Wildman–Crippen LogP) is 1.43. The van der Waals surface area contributed by atoms with Crippen molar-refractivity contribution < 1.29 is 19.1 Å². The Balaban J connectivity index is 2.18. The number of oxime groups is 1. The van der Waals surface area contributed by atoms with Gasteiger partial charge in [-0.25, -0.2) is 4.39 Å². The maximum absolute atomic E-state index is 13.2. The van der Waals surface area contributed by atoms with Crippen molar-refractivity contribution in [1.29, 1.82) is 0 Å². The van der Waals surface area contributed by atoms with E-state index >= 15 is 0 Å². The van der Waals surface area contributed by atoms with Crippen LogP contribution in [0, 0.1) is 5.82 Å². The smallest absolute Gasteiger partial charge is 0.253 e. The largest absolute Gasteiger partial charge is 0.409 e. The number of amidine groups is 1. The van der Waals surface area contributed by atoms with Crippen molar-refractivity contribution in [3.8, 4) is 0 Å². The number of carbonyl (C=O) groups is 1. The summed E-state index contributed by atoms with van der Waals surface area (Å²) < 4.78 is 18.7. The molecule has 6 nitrogen and oxygen atoms in total. The Labute approximate surface area is 115 Å². The fraction of sp³-hybridized carbons (Fsp3) is 0.385. The van der Waals surface area contributed by atoms with Crippen LogP contribution in [0.25, 0.3) is 0 Å². The number of anilines is 1. The number of amides is 1. The van der Waals surface area contributed by atoms with Crippen molar-refractivity contribution in [2.75, 3.05) is 5.32 Å². The lowest BCUT2D eigenvalue weighted by atomic mass is 10.1. The van der Waals surface area contributed by atoms with Crippen molar-refractivity contribution in [3.63, 3.8) is 0 Å². The third-order valence-corrected chi connectivity index (χ3v) is 3.15. The van der Waals surface area contributed by atoms with Gasteiger partial charge in [0.2, 0.25) is 0 Å². The van der Waals surface area contributed by atoms with E-state index in [1.54, 1.807) is 0 Å². The van der Waals surface area contributed by atoms with Gasteiger partial charge in [0.05, 0.1) is 11.8 Å². The highest BCUT2D eigenvalue weighted by molar-refractivity contribution is 6.06. The Bertz CT molecular complexity index is 548. The van der Waals surface area contributed by atoms with Crippen molar-refractivity contribution in [2.24, 2.45) is 10.9 Å². The van der Waals surface area contributed by atoms with Gasteiger partial charge in [-0.15, -0.1) is 0 Å². The predicted molar refractivity (Wildman–Crippen MR) is 71.1 cm³/mol. The van der Waals surface area contributed by atoms with Crippen molar-refractivity contribution in [2.45, 2.75) is 32.0 Å². The summed E-state index contributed by atoms with van der Waals surface area (Å²) in [6.07, 6.45) is 0.958. The molecule has 0 radical (unpaired) electrons. The lowest BCUT2D eigenvalue weighted by Crippen LogP contribution is -2.29. The summed E-state index contributed by atoms with van der Waals surface area (Å²) in [6.45, 7) is 1.90. The highest BCUT2D eigenvalue weighted by Crippen LogP contribution is 2.22. The second-order valence-corrected chi connectivity index (χ2v) is 4.68. The lowest BCUT2D eigenvalue weighted by molar-refractivity contribution is -0.126. The zero-order chi connectivity index (χ0) is 14.7. The number of ether oxygens (including phenoxy) is 1. The number of nitrogens with one attached hydrogen (secondary N) is 1. The molecule has 0 aromatic heterocycles. The van der Waals surface area contributed by atoms with Crippen LogP contribution in [0.5, 0.6) is 0 Å². The van der Waals surface area contributed by atoms with Crippen LogP contribution in [-0.2, 0) is 9.53 Å². The molecule has 1 aromatic carbocycles. The molecule has 1 amide bonds. The summed E-state index contributed by atoms with van der Waals surface area (Å²) in [4.78, 5) is 12.0. The molecule has 1 aliphatic rings. The summed E-state index contributed by atoms with van der Waals surface area (Å²) in [5, 5.41) is 14.1. The van der Waals surface area contributed by atoms with E-state index < -0.39 is 11.9 Å². The quantitative estimate of drug-likeness (QED) is 0.338. The van der Waals surface area contributed by atoms with Crippen molar-refractivity contribution in [1.82, 2.24) is 0 Å². The van der Waals surface area contributed by atoms with E-state index in [2.05, 4.69) is 10.5 Å². The van der Waals surface area contributed by atoms with Crippen LogP contribution in [0.1, 0.15) is 25.3 Å². The van der Waals surface area contributed by atoms with Crippen LogP contribution in [0.3, 0.4) is 0 Å². The number of benzene rings is 1. The molecule has 0 aliphatic carbocycles. The van der Waals surface area contributed by atoms with E-state index in [0.717, 1.165) is 12.5 Å². The number of nitrogens with zero attached hydrogens (tertiary/aromatic N) is 1. The molecule has 2 atom stereocenters. The van der Waals surface area contributed by atoms with Gasteiger partial charge in [-0.2, -0.15) is 0 Å². The second kappa shape index (κ2) is 5.87. The van der Waals surface area contributed by atoms with E-state index in [4.69, 9.17) is 15.7 Å². The fourth-order valence-corrected chi connectivity index (χ4v) is 2.10. The van der Waals surface area contributed by atoms with Crippen LogP contribution in [0.2, 0.25) is 0 Å². The monoisotopic (exact) mass is 281 g/mol. The Morgan fingerprint density at radius 3 is 2.90 bits per heavy atom. The molecule has 2 unspecified atom stereocenters. The zero-order valence-electron chi connectivity index (χ0n) is 11.0. The van der Waals surface area contributed by atoms with Crippen LogP contribution >= 0.6 is 0 Å². The molecule has 0 spiro atoms. The molecule has 2 rings (SSSR count). The number of rotatable bonds is 3. The lowest BCUT2D eigenvalue weighted by Gasteiger charge is -2.14. The molecule has 1 aliphatic heterocycles. The van der Waals surface area contributed by atoms with Gasteiger partial charge in [0.1, 0.15) is 11.9 Å². The summed E-state index contributed by atoms with van der Waals surface area (Å²) in [6, 6.07) is 3.63. The fourth-order valence-electron chi connectivity index (χ4n) is 2.10. The minimum absolute atomic E-state index is 0.0440. The molecular formula is C13H16FN3O3. The van der Waals surface area contributed by atoms with E-state index in [-0.39, 0.29) is 29.1 Å². The van der Waals surface area contributed by atoms with Crippen LogP contribution in [0.15, 0.2) is 23.4 Å². The minimum atomic E-state index is -0.546. The highest BCUT2D eigenvalue weighted by Gasteiger charge is 2.28. The molecule has 20 heavy (non-hydrogen) atoms. The average Bonchev–Trinajstić information content (AvgIpc) is 2.86. The molecular weight excluding hydrogens is 265 g/mol. The standard InChI is InChI=1S/C13H16FN3O3/c1-7-2-5-11(20-7)13(18)16-10-4-3-8(14)6-9(10)12(15)17-19/h3-4,6-7,11,19H,2,5H2,1H3,(H2,15,17)(H,16,18). The molecule has 1 heterocycles. The van der Waals surface area contributed by atoms with Crippen LogP contribution in [0.4, 0.5) is 10.1 Å². The first kappa shape index (κ1) is 14.3. The van der Waals surface area contributed by atoms with E-state index in [9.17, 15) is 9.18 Å². The Morgan fingerprint density at radius 1 is 1.55 bits per heavy atom.